The number of likely N-dealkylation sites (N-methyl/N-ethyl adjacent to an activating group) is 1. The fourth-order valence-corrected chi connectivity index (χ4v) is 3.77. The van der Waals surface area contributed by atoms with Crippen molar-refractivity contribution in [2.75, 3.05) is 25.5 Å². The number of benzene rings is 1. The molecule has 0 aliphatic carbocycles. The highest BCUT2D eigenvalue weighted by Crippen LogP contribution is 2.20. The topological polar surface area (TPSA) is 108 Å². The molecule has 8 heteroatoms. The van der Waals surface area contributed by atoms with Crippen LogP contribution in [0.25, 0.3) is 5.57 Å². The summed E-state index contributed by atoms with van der Waals surface area (Å²) < 4.78 is 1.94. The summed E-state index contributed by atoms with van der Waals surface area (Å²) >= 11 is 0. The minimum Gasteiger partial charge on any atom is -0.506 e. The monoisotopic (exact) mass is 409 g/mol. The average molecular weight is 410 g/mol. The number of aliphatic hydroxyl groups is 1. The molecule has 3 rings (SSSR count). The Morgan fingerprint density at radius 1 is 1.27 bits per heavy atom. The minimum atomic E-state index is -0.143. The van der Waals surface area contributed by atoms with Gasteiger partial charge in [0.05, 0.1) is 7.05 Å². The van der Waals surface area contributed by atoms with Crippen molar-refractivity contribution in [3.63, 3.8) is 0 Å². The number of para-hydroxylation sites is 1. The number of hydrogen-bond donors (Lipinski definition) is 3. The lowest BCUT2D eigenvalue weighted by molar-refractivity contribution is -0.867. The molecule has 2 aromatic rings. The lowest BCUT2D eigenvalue weighted by atomic mass is 10.1. The van der Waals surface area contributed by atoms with Gasteiger partial charge in [0.25, 0.3) is 5.91 Å². The highest BCUT2D eigenvalue weighted by atomic mass is 16.3. The highest BCUT2D eigenvalue weighted by molar-refractivity contribution is 5.92. The molecule has 30 heavy (non-hydrogen) atoms. The van der Waals surface area contributed by atoms with E-state index in [4.69, 9.17) is 0 Å². The zero-order valence-electron chi connectivity index (χ0n) is 17.6. The fourth-order valence-electron chi connectivity index (χ4n) is 3.77. The maximum atomic E-state index is 12.4. The summed E-state index contributed by atoms with van der Waals surface area (Å²) in [6.45, 7) is 3.10. The van der Waals surface area contributed by atoms with E-state index < -0.39 is 0 Å². The van der Waals surface area contributed by atoms with Crippen molar-refractivity contribution in [1.29, 1.82) is 5.26 Å². The Balaban J connectivity index is 1.68. The molecule has 1 aliphatic heterocycles. The van der Waals surface area contributed by atoms with Crippen LogP contribution in [-0.4, -0.2) is 45.9 Å². The molecule has 1 aromatic heterocycles. The van der Waals surface area contributed by atoms with Gasteiger partial charge in [0, 0.05) is 18.7 Å². The van der Waals surface area contributed by atoms with Gasteiger partial charge in [-0.15, -0.1) is 10.2 Å². The molecule has 1 aliphatic rings. The largest absolute Gasteiger partial charge is 0.506 e. The summed E-state index contributed by atoms with van der Waals surface area (Å²) in [7, 11) is 1.81. The lowest BCUT2D eigenvalue weighted by Crippen LogP contribution is -3.10. The molecular weight excluding hydrogens is 380 g/mol. The second-order valence-corrected chi connectivity index (χ2v) is 7.71. The Morgan fingerprint density at radius 3 is 2.83 bits per heavy atom. The summed E-state index contributed by atoms with van der Waals surface area (Å²) in [6, 6.07) is 9.79. The fraction of sp³-hybridized carbons (Fsp3) is 0.455. The van der Waals surface area contributed by atoms with Gasteiger partial charge in [0.15, 0.2) is 18.1 Å². The van der Waals surface area contributed by atoms with Crippen LogP contribution in [-0.2, 0) is 24.2 Å². The number of aliphatic hydroxyl groups excluding tert-OH is 1. The van der Waals surface area contributed by atoms with Crippen molar-refractivity contribution in [1.82, 2.24) is 14.8 Å². The molecule has 0 radical (unpaired) electrons. The molecule has 1 unspecified atom stereocenters. The maximum absolute atomic E-state index is 12.4. The normalized spacial score (nSPS) is 15.4. The number of carbonyl (C=O) groups is 1. The number of aryl methyl sites for hydroxylation is 2. The first-order valence-corrected chi connectivity index (χ1v) is 10.5. The number of allylic oxidation sites excluding steroid dienone is 1. The number of carbonyl (C=O) groups excluding carboxylic acids is 1. The first-order chi connectivity index (χ1) is 14.5. The van der Waals surface area contributed by atoms with Gasteiger partial charge in [-0.3, -0.25) is 4.79 Å². The highest BCUT2D eigenvalue weighted by Gasteiger charge is 2.22. The van der Waals surface area contributed by atoms with Crippen LogP contribution in [0.2, 0.25) is 0 Å². The van der Waals surface area contributed by atoms with E-state index in [0.717, 1.165) is 60.6 Å². The van der Waals surface area contributed by atoms with Crippen molar-refractivity contribution in [2.24, 2.45) is 0 Å². The molecule has 2 heterocycles. The van der Waals surface area contributed by atoms with Gasteiger partial charge in [0.1, 0.15) is 24.0 Å². The van der Waals surface area contributed by atoms with Crippen molar-refractivity contribution in [3.8, 4) is 6.07 Å². The third-order valence-electron chi connectivity index (χ3n) is 5.34. The number of rotatable bonds is 7. The Hall–Kier alpha value is -3.18. The van der Waals surface area contributed by atoms with Crippen LogP contribution >= 0.6 is 0 Å². The van der Waals surface area contributed by atoms with E-state index in [1.54, 1.807) is 7.05 Å². The van der Waals surface area contributed by atoms with Crippen molar-refractivity contribution < 1.29 is 14.8 Å². The van der Waals surface area contributed by atoms with Crippen LogP contribution in [0.1, 0.15) is 43.4 Å². The van der Waals surface area contributed by atoms with Crippen LogP contribution < -0.4 is 10.2 Å². The number of fused-ring (bicyclic) bond motifs is 1. The van der Waals surface area contributed by atoms with Crippen molar-refractivity contribution >= 4 is 17.2 Å². The zero-order valence-corrected chi connectivity index (χ0v) is 17.6. The van der Waals surface area contributed by atoms with Crippen LogP contribution in [0.15, 0.2) is 30.0 Å². The number of amides is 1. The third kappa shape index (κ3) is 5.05. The maximum Gasteiger partial charge on any atom is 0.279 e. The smallest absolute Gasteiger partial charge is 0.279 e. The first kappa shape index (κ1) is 21.5. The van der Waals surface area contributed by atoms with Gasteiger partial charge in [0.2, 0.25) is 0 Å². The molecular formula is C22H29N6O2+. The second kappa shape index (κ2) is 10.0. The Bertz CT molecular complexity index is 972. The van der Waals surface area contributed by atoms with Gasteiger partial charge in [-0.1, -0.05) is 31.5 Å². The van der Waals surface area contributed by atoms with Crippen molar-refractivity contribution in [2.45, 2.75) is 45.6 Å². The summed E-state index contributed by atoms with van der Waals surface area (Å²) in [5, 5.41) is 31.6. The number of anilines is 1. The van der Waals surface area contributed by atoms with Gasteiger partial charge in [-0.25, -0.2) is 0 Å². The van der Waals surface area contributed by atoms with Gasteiger partial charge >= 0.3 is 0 Å². The number of nitrogens with zero attached hydrogens (tertiary/aromatic N) is 4. The van der Waals surface area contributed by atoms with E-state index in [1.807, 2.05) is 35.8 Å². The van der Waals surface area contributed by atoms with Crippen molar-refractivity contribution in [3.05, 3.63) is 47.2 Å². The quantitative estimate of drug-likeness (QED) is 0.475. The molecule has 0 saturated carbocycles. The van der Waals surface area contributed by atoms with Gasteiger partial charge in [-0.2, -0.15) is 5.26 Å². The summed E-state index contributed by atoms with van der Waals surface area (Å²) in [5.74, 6) is 1.06. The molecule has 0 saturated heterocycles. The number of nitriles is 1. The molecule has 158 valence electrons. The number of quaternary nitrogens is 1. The predicted molar refractivity (Wildman–Crippen MR) is 114 cm³/mol. The van der Waals surface area contributed by atoms with Gasteiger partial charge in [-0.05, 0) is 30.9 Å². The zero-order chi connectivity index (χ0) is 21.5. The first-order valence-electron chi connectivity index (χ1n) is 10.5. The SMILES string of the molecule is CCc1ccccc1NC(=O)C[NH+](C)C/C(O)=C(\C#N)c1nnc2n1CCCCC2. The minimum absolute atomic E-state index is 0.0730. The molecule has 1 aromatic carbocycles. The second-order valence-electron chi connectivity index (χ2n) is 7.71. The van der Waals surface area contributed by atoms with Gasteiger partial charge < -0.3 is 19.9 Å². The molecule has 1 atom stereocenters. The van der Waals surface area contributed by atoms with Crippen LogP contribution in [0, 0.1) is 11.3 Å². The predicted octanol–water partition coefficient (Wildman–Crippen LogP) is 1.51. The summed E-state index contributed by atoms with van der Waals surface area (Å²) in [4.78, 5) is 13.2. The van der Waals surface area contributed by atoms with E-state index >= 15 is 0 Å². The number of nitrogens with one attached hydrogen (secondary N) is 2. The Morgan fingerprint density at radius 2 is 2.07 bits per heavy atom. The molecule has 0 fully saturated rings. The van der Waals surface area contributed by atoms with E-state index in [0.29, 0.717) is 5.82 Å². The summed E-state index contributed by atoms with van der Waals surface area (Å²) in [6.07, 6.45) is 4.83. The molecule has 0 bridgehead atoms. The Labute approximate surface area is 176 Å². The van der Waals surface area contributed by atoms with E-state index in [1.165, 1.54) is 0 Å². The molecule has 8 nitrogen and oxygen atoms in total. The van der Waals surface area contributed by atoms with E-state index in [2.05, 4.69) is 21.6 Å². The van der Waals surface area contributed by atoms with Crippen LogP contribution in [0.4, 0.5) is 5.69 Å². The van der Waals surface area contributed by atoms with E-state index in [-0.39, 0.29) is 30.3 Å². The molecule has 1 amide bonds. The summed E-state index contributed by atoms with van der Waals surface area (Å²) in [5.41, 5.74) is 2.01. The molecule has 3 N–H and O–H groups in total. The average Bonchev–Trinajstić information content (AvgIpc) is 2.96. The number of hydrogen-bond acceptors (Lipinski definition) is 5. The standard InChI is InChI=1S/C22H28N6O2/c1-3-16-9-6-7-10-18(16)24-21(30)15-27(2)14-19(29)17(13-23)22-26-25-20-11-5-4-8-12-28(20)22/h6-7,9-10,29H,3-5,8,11-12,14-15H2,1-2H3,(H,24,30)/p+1/b19-17-. The number of aromatic nitrogens is 3. The van der Waals surface area contributed by atoms with Crippen LogP contribution in [0.5, 0.6) is 0 Å². The molecule has 0 spiro atoms. The lowest BCUT2D eigenvalue weighted by Gasteiger charge is -2.15. The van der Waals surface area contributed by atoms with Crippen LogP contribution in [0.3, 0.4) is 0 Å². The third-order valence-corrected chi connectivity index (χ3v) is 5.34. The van der Waals surface area contributed by atoms with E-state index in [9.17, 15) is 15.2 Å². The Kier molecular flexibility index (Phi) is 7.20.